The SMILES string of the molecule is O=C(NNC(=O)C1CCCCN1S(=O)(=O)c1ccc(Br)cc1)c1ccccn1. The summed E-state index contributed by atoms with van der Waals surface area (Å²) in [4.78, 5) is 28.7. The lowest BCUT2D eigenvalue weighted by molar-refractivity contribution is -0.126. The van der Waals surface area contributed by atoms with Crippen molar-refractivity contribution in [3.05, 3.63) is 58.8 Å². The van der Waals surface area contributed by atoms with Crippen LogP contribution in [0.5, 0.6) is 0 Å². The molecule has 1 aliphatic rings. The van der Waals surface area contributed by atoms with E-state index in [-0.39, 0.29) is 17.1 Å². The number of aromatic nitrogens is 1. The number of nitrogens with one attached hydrogen (secondary N) is 2. The van der Waals surface area contributed by atoms with Crippen LogP contribution in [0.1, 0.15) is 29.8 Å². The van der Waals surface area contributed by atoms with Crippen molar-refractivity contribution < 1.29 is 18.0 Å². The van der Waals surface area contributed by atoms with Crippen molar-refractivity contribution in [2.24, 2.45) is 0 Å². The van der Waals surface area contributed by atoms with Gasteiger partial charge < -0.3 is 0 Å². The molecule has 0 radical (unpaired) electrons. The summed E-state index contributed by atoms with van der Waals surface area (Å²) < 4.78 is 28.0. The van der Waals surface area contributed by atoms with Crippen molar-refractivity contribution >= 4 is 37.8 Å². The van der Waals surface area contributed by atoms with Gasteiger partial charge in [-0.25, -0.2) is 8.42 Å². The monoisotopic (exact) mass is 466 g/mol. The van der Waals surface area contributed by atoms with Crippen molar-refractivity contribution in [2.75, 3.05) is 6.54 Å². The predicted octanol–water partition coefficient (Wildman–Crippen LogP) is 1.85. The molecule has 8 nitrogen and oxygen atoms in total. The van der Waals surface area contributed by atoms with E-state index in [2.05, 4.69) is 31.8 Å². The van der Waals surface area contributed by atoms with E-state index in [9.17, 15) is 18.0 Å². The lowest BCUT2D eigenvalue weighted by atomic mass is 10.0. The minimum absolute atomic E-state index is 0.118. The van der Waals surface area contributed by atoms with Crippen LogP contribution in [0.4, 0.5) is 0 Å². The number of carbonyl (C=O) groups excluding carboxylic acids is 2. The summed E-state index contributed by atoms with van der Waals surface area (Å²) in [6.07, 6.45) is 3.23. The molecular weight excluding hydrogens is 448 g/mol. The van der Waals surface area contributed by atoms with Gasteiger partial charge in [0.2, 0.25) is 10.0 Å². The van der Waals surface area contributed by atoms with Gasteiger partial charge in [-0.05, 0) is 49.2 Å². The zero-order valence-corrected chi connectivity index (χ0v) is 17.2. The molecular formula is C18H19BrN4O4S. The summed E-state index contributed by atoms with van der Waals surface area (Å²) in [6.45, 7) is 0.241. The van der Waals surface area contributed by atoms with Gasteiger partial charge in [-0.3, -0.25) is 25.4 Å². The molecule has 3 rings (SSSR count). The molecule has 10 heteroatoms. The van der Waals surface area contributed by atoms with Crippen molar-refractivity contribution in [1.29, 1.82) is 0 Å². The number of benzene rings is 1. The van der Waals surface area contributed by atoms with Gasteiger partial charge >= 0.3 is 0 Å². The maximum absolute atomic E-state index is 13.0. The smallest absolute Gasteiger partial charge is 0.271 e. The molecule has 148 valence electrons. The van der Waals surface area contributed by atoms with Gasteiger partial charge in [0.05, 0.1) is 4.90 Å². The van der Waals surface area contributed by atoms with Crippen LogP contribution in [0.15, 0.2) is 58.0 Å². The first kappa shape index (κ1) is 20.4. The highest BCUT2D eigenvalue weighted by atomic mass is 79.9. The Morgan fingerprint density at radius 3 is 2.50 bits per heavy atom. The lowest BCUT2D eigenvalue weighted by Crippen LogP contribution is -2.55. The highest BCUT2D eigenvalue weighted by Gasteiger charge is 2.37. The molecule has 0 bridgehead atoms. The topological polar surface area (TPSA) is 108 Å². The van der Waals surface area contributed by atoms with Crippen LogP contribution in [-0.2, 0) is 14.8 Å². The normalized spacial score (nSPS) is 17.7. The van der Waals surface area contributed by atoms with Crippen molar-refractivity contribution in [2.45, 2.75) is 30.2 Å². The second-order valence-electron chi connectivity index (χ2n) is 6.24. The van der Waals surface area contributed by atoms with Gasteiger partial charge in [0.25, 0.3) is 11.8 Å². The number of nitrogens with zero attached hydrogens (tertiary/aromatic N) is 2. The van der Waals surface area contributed by atoms with E-state index < -0.39 is 27.9 Å². The van der Waals surface area contributed by atoms with Gasteiger partial charge in [0.15, 0.2) is 0 Å². The summed E-state index contributed by atoms with van der Waals surface area (Å²) in [5, 5.41) is 0. The minimum Gasteiger partial charge on any atom is -0.271 e. The fourth-order valence-corrected chi connectivity index (χ4v) is 4.88. The number of pyridine rings is 1. The van der Waals surface area contributed by atoms with E-state index in [4.69, 9.17) is 0 Å². The number of hydrogen-bond donors (Lipinski definition) is 2. The molecule has 1 unspecified atom stereocenters. The Bertz CT molecular complexity index is 951. The Hall–Kier alpha value is -2.30. The van der Waals surface area contributed by atoms with Crippen LogP contribution in [0.25, 0.3) is 0 Å². The van der Waals surface area contributed by atoms with Gasteiger partial charge in [-0.15, -0.1) is 0 Å². The molecule has 2 aromatic rings. The number of rotatable bonds is 4. The number of amides is 2. The molecule has 0 spiro atoms. The summed E-state index contributed by atoms with van der Waals surface area (Å²) in [6, 6.07) is 10.2. The van der Waals surface area contributed by atoms with Crippen LogP contribution in [-0.4, -0.2) is 42.1 Å². The van der Waals surface area contributed by atoms with E-state index in [1.807, 2.05) is 0 Å². The fourth-order valence-electron chi connectivity index (χ4n) is 2.96. The first-order chi connectivity index (χ1) is 13.4. The molecule has 2 amide bonds. The minimum atomic E-state index is -3.84. The fraction of sp³-hybridized carbons (Fsp3) is 0.278. The molecule has 0 aliphatic carbocycles. The molecule has 1 fully saturated rings. The van der Waals surface area contributed by atoms with Crippen molar-refractivity contribution in [3.8, 4) is 0 Å². The number of halogens is 1. The Balaban J connectivity index is 1.72. The van der Waals surface area contributed by atoms with E-state index >= 15 is 0 Å². The first-order valence-corrected chi connectivity index (χ1v) is 10.9. The zero-order chi connectivity index (χ0) is 20.1. The highest BCUT2D eigenvalue weighted by molar-refractivity contribution is 9.10. The van der Waals surface area contributed by atoms with Gasteiger partial charge in [-0.2, -0.15) is 4.31 Å². The molecule has 2 heterocycles. The van der Waals surface area contributed by atoms with E-state index in [1.165, 1.54) is 28.7 Å². The molecule has 1 aromatic carbocycles. The van der Waals surface area contributed by atoms with Crippen molar-refractivity contribution in [1.82, 2.24) is 20.1 Å². The summed E-state index contributed by atoms with van der Waals surface area (Å²) >= 11 is 3.28. The third-order valence-electron chi connectivity index (χ3n) is 4.37. The van der Waals surface area contributed by atoms with Crippen LogP contribution in [0.3, 0.4) is 0 Å². The van der Waals surface area contributed by atoms with Crippen LogP contribution >= 0.6 is 15.9 Å². The standard InChI is InChI=1S/C18H19BrN4O4S/c19-13-7-9-14(10-8-13)28(26,27)23-12-4-2-6-16(23)18(25)22-21-17(24)15-5-1-3-11-20-15/h1,3,5,7-11,16H,2,4,6,12H2,(H,21,24)(H,22,25). The summed E-state index contributed by atoms with van der Waals surface area (Å²) in [7, 11) is -3.84. The van der Waals surface area contributed by atoms with E-state index in [1.54, 1.807) is 24.3 Å². The van der Waals surface area contributed by atoms with Gasteiger partial charge in [0, 0.05) is 17.2 Å². The third kappa shape index (κ3) is 4.57. The Morgan fingerprint density at radius 2 is 1.82 bits per heavy atom. The lowest BCUT2D eigenvalue weighted by Gasteiger charge is -2.33. The number of hydrogen-bond acceptors (Lipinski definition) is 5. The molecule has 0 saturated carbocycles. The molecule has 1 atom stereocenters. The van der Waals surface area contributed by atoms with Crippen LogP contribution in [0.2, 0.25) is 0 Å². The number of carbonyl (C=O) groups is 2. The largest absolute Gasteiger partial charge is 0.288 e. The Kier molecular flexibility index (Phi) is 6.42. The number of hydrazine groups is 1. The Labute approximate surface area is 171 Å². The quantitative estimate of drug-likeness (QED) is 0.668. The molecule has 1 aliphatic heterocycles. The molecule has 2 N–H and O–H groups in total. The zero-order valence-electron chi connectivity index (χ0n) is 14.8. The van der Waals surface area contributed by atoms with Crippen molar-refractivity contribution in [3.63, 3.8) is 0 Å². The number of sulfonamides is 1. The molecule has 1 aromatic heterocycles. The van der Waals surface area contributed by atoms with Gasteiger partial charge in [-0.1, -0.05) is 28.4 Å². The molecule has 1 saturated heterocycles. The third-order valence-corrected chi connectivity index (χ3v) is 6.82. The maximum Gasteiger partial charge on any atom is 0.288 e. The maximum atomic E-state index is 13.0. The van der Waals surface area contributed by atoms with E-state index in [0.717, 1.165) is 10.9 Å². The second-order valence-corrected chi connectivity index (χ2v) is 9.05. The van der Waals surface area contributed by atoms with Crippen LogP contribution in [0, 0.1) is 0 Å². The van der Waals surface area contributed by atoms with Gasteiger partial charge in [0.1, 0.15) is 11.7 Å². The average molecular weight is 467 g/mol. The summed E-state index contributed by atoms with van der Waals surface area (Å²) in [5.41, 5.74) is 4.75. The average Bonchev–Trinajstić information content (AvgIpc) is 2.72. The predicted molar refractivity (Wildman–Crippen MR) is 106 cm³/mol. The van der Waals surface area contributed by atoms with E-state index in [0.29, 0.717) is 12.8 Å². The second kappa shape index (κ2) is 8.80. The summed E-state index contributed by atoms with van der Waals surface area (Å²) in [5.74, 6) is -1.16. The van der Waals surface area contributed by atoms with Crippen LogP contribution < -0.4 is 10.9 Å². The number of piperidine rings is 1. The molecule has 28 heavy (non-hydrogen) atoms. The Morgan fingerprint density at radius 1 is 1.07 bits per heavy atom. The highest BCUT2D eigenvalue weighted by Crippen LogP contribution is 2.26. The first-order valence-electron chi connectivity index (χ1n) is 8.68.